The molecule has 23 heavy (non-hydrogen) atoms. The Labute approximate surface area is 139 Å². The number of fused-ring (bicyclic) bond motifs is 1. The lowest BCUT2D eigenvalue weighted by Gasteiger charge is -2.41. The van der Waals surface area contributed by atoms with Crippen LogP contribution < -0.4 is 10.6 Å². The molecule has 2 amide bonds. The number of nitrogens with one attached hydrogen (secondary N) is 2. The number of aliphatic hydroxyl groups is 1. The molecule has 1 atom stereocenters. The second kappa shape index (κ2) is 7.79. The van der Waals surface area contributed by atoms with E-state index in [1.54, 1.807) is 6.92 Å². The Hall–Kier alpha value is -1.59. The van der Waals surface area contributed by atoms with Crippen LogP contribution in [0.3, 0.4) is 0 Å². The molecular weight excluding hydrogens is 290 g/mol. The highest BCUT2D eigenvalue weighted by atomic mass is 16.3. The van der Waals surface area contributed by atoms with Crippen molar-refractivity contribution in [2.24, 2.45) is 0 Å². The number of nitrogens with zero attached hydrogens (tertiary/aromatic N) is 1. The third-order valence-corrected chi connectivity index (χ3v) is 4.52. The van der Waals surface area contributed by atoms with Crippen molar-refractivity contribution < 1.29 is 9.90 Å². The Morgan fingerprint density at radius 3 is 2.70 bits per heavy atom. The van der Waals surface area contributed by atoms with Crippen molar-refractivity contribution in [2.75, 3.05) is 19.6 Å². The van der Waals surface area contributed by atoms with Crippen molar-refractivity contribution in [1.82, 2.24) is 15.5 Å². The first-order chi connectivity index (χ1) is 10.9. The average Bonchev–Trinajstić information content (AvgIpc) is 2.52. The summed E-state index contributed by atoms with van der Waals surface area (Å²) >= 11 is 0. The molecular formula is C18H29N3O2. The van der Waals surface area contributed by atoms with E-state index in [1.807, 2.05) is 0 Å². The first-order valence-electron chi connectivity index (χ1n) is 8.40. The second-order valence-electron chi connectivity index (χ2n) is 7.00. The minimum atomic E-state index is -0.389. The molecule has 1 aromatic rings. The van der Waals surface area contributed by atoms with Crippen molar-refractivity contribution >= 4 is 6.03 Å². The molecule has 5 nitrogen and oxygen atoms in total. The maximum atomic E-state index is 11.8. The van der Waals surface area contributed by atoms with Gasteiger partial charge in [0.1, 0.15) is 0 Å². The summed E-state index contributed by atoms with van der Waals surface area (Å²) in [6, 6.07) is 8.40. The van der Waals surface area contributed by atoms with Gasteiger partial charge in [-0.05, 0) is 44.7 Å². The normalized spacial score (nSPS) is 16.5. The fourth-order valence-electron chi connectivity index (χ4n) is 2.88. The number of carbonyl (C=O) groups is 1. The molecule has 1 unspecified atom stereocenters. The predicted octanol–water partition coefficient (Wildman–Crippen LogP) is 1.89. The standard InChI is InChI=1S/C18H29N3O2/c1-14(22)8-10-19-17(23)20-13-18(2,3)21-11-9-15-6-4-5-7-16(15)12-21/h4-7,14,22H,8-13H2,1-3H3,(H2,19,20,23). The summed E-state index contributed by atoms with van der Waals surface area (Å²) in [5.41, 5.74) is 2.71. The van der Waals surface area contributed by atoms with Crippen molar-refractivity contribution in [2.45, 2.75) is 51.8 Å². The van der Waals surface area contributed by atoms with Crippen LogP contribution in [0.4, 0.5) is 4.79 Å². The van der Waals surface area contributed by atoms with Gasteiger partial charge in [0.2, 0.25) is 0 Å². The first kappa shape index (κ1) is 17.8. The average molecular weight is 319 g/mol. The zero-order chi connectivity index (χ0) is 16.9. The third kappa shape index (κ3) is 5.22. The fourth-order valence-corrected chi connectivity index (χ4v) is 2.88. The summed E-state index contributed by atoms with van der Waals surface area (Å²) in [6.45, 7) is 9.06. The zero-order valence-corrected chi connectivity index (χ0v) is 14.4. The topological polar surface area (TPSA) is 64.6 Å². The van der Waals surface area contributed by atoms with Crippen LogP contribution >= 0.6 is 0 Å². The number of amides is 2. The monoisotopic (exact) mass is 319 g/mol. The van der Waals surface area contributed by atoms with E-state index in [2.05, 4.69) is 53.6 Å². The van der Waals surface area contributed by atoms with Gasteiger partial charge in [-0.15, -0.1) is 0 Å². The Kier molecular flexibility index (Phi) is 6.02. The minimum absolute atomic E-state index is 0.102. The third-order valence-electron chi connectivity index (χ3n) is 4.52. The first-order valence-corrected chi connectivity index (χ1v) is 8.40. The quantitative estimate of drug-likeness (QED) is 0.750. The molecule has 3 N–H and O–H groups in total. The maximum absolute atomic E-state index is 11.8. The van der Waals surface area contributed by atoms with Crippen LogP contribution in [-0.2, 0) is 13.0 Å². The lowest BCUT2D eigenvalue weighted by molar-refractivity contribution is 0.104. The van der Waals surface area contributed by atoms with Crippen LogP contribution in [0, 0.1) is 0 Å². The van der Waals surface area contributed by atoms with Crippen LogP contribution in [0.2, 0.25) is 0 Å². The number of hydrogen-bond acceptors (Lipinski definition) is 3. The molecule has 5 heteroatoms. The highest BCUT2D eigenvalue weighted by Gasteiger charge is 2.29. The van der Waals surface area contributed by atoms with Crippen molar-refractivity contribution in [1.29, 1.82) is 0 Å². The molecule has 1 aliphatic heterocycles. The number of rotatable bonds is 6. The van der Waals surface area contributed by atoms with Gasteiger partial charge in [-0.2, -0.15) is 0 Å². The van der Waals surface area contributed by atoms with Crippen molar-refractivity contribution in [3.8, 4) is 0 Å². The molecule has 0 saturated carbocycles. The maximum Gasteiger partial charge on any atom is 0.314 e. The van der Waals surface area contributed by atoms with Crippen LogP contribution in [-0.4, -0.2) is 47.3 Å². The zero-order valence-electron chi connectivity index (χ0n) is 14.4. The van der Waals surface area contributed by atoms with Gasteiger partial charge in [-0.3, -0.25) is 4.90 Å². The van der Waals surface area contributed by atoms with E-state index >= 15 is 0 Å². The molecule has 0 fully saturated rings. The van der Waals surface area contributed by atoms with Gasteiger partial charge in [0.05, 0.1) is 6.10 Å². The van der Waals surface area contributed by atoms with E-state index in [9.17, 15) is 9.90 Å². The molecule has 0 saturated heterocycles. The van der Waals surface area contributed by atoms with E-state index in [0.29, 0.717) is 19.5 Å². The molecule has 128 valence electrons. The summed E-state index contributed by atoms with van der Waals surface area (Å²) in [6.07, 6.45) is 1.24. The lowest BCUT2D eigenvalue weighted by Crippen LogP contribution is -2.54. The fraction of sp³-hybridized carbons (Fsp3) is 0.611. The molecule has 0 bridgehead atoms. The van der Waals surface area contributed by atoms with Gasteiger partial charge in [0, 0.05) is 31.7 Å². The summed E-state index contributed by atoms with van der Waals surface area (Å²) in [7, 11) is 0. The Bertz CT molecular complexity index is 529. The van der Waals surface area contributed by atoms with Crippen LogP contribution in [0.1, 0.15) is 38.3 Å². The van der Waals surface area contributed by atoms with Crippen molar-refractivity contribution in [3.05, 3.63) is 35.4 Å². The van der Waals surface area contributed by atoms with E-state index in [0.717, 1.165) is 19.5 Å². The van der Waals surface area contributed by atoms with E-state index in [4.69, 9.17) is 0 Å². The van der Waals surface area contributed by atoms with E-state index < -0.39 is 0 Å². The highest BCUT2D eigenvalue weighted by molar-refractivity contribution is 5.73. The van der Waals surface area contributed by atoms with Crippen LogP contribution in [0.25, 0.3) is 0 Å². The molecule has 1 aromatic carbocycles. The molecule has 1 heterocycles. The predicted molar refractivity (Wildman–Crippen MR) is 92.3 cm³/mol. The largest absolute Gasteiger partial charge is 0.393 e. The molecule has 0 aliphatic carbocycles. The van der Waals surface area contributed by atoms with Gasteiger partial charge < -0.3 is 15.7 Å². The highest BCUT2D eigenvalue weighted by Crippen LogP contribution is 2.24. The number of hydrogen-bond donors (Lipinski definition) is 3. The second-order valence-corrected chi connectivity index (χ2v) is 7.00. The number of benzene rings is 1. The Balaban J connectivity index is 1.81. The van der Waals surface area contributed by atoms with E-state index in [1.165, 1.54) is 11.1 Å². The smallest absolute Gasteiger partial charge is 0.314 e. The SMILES string of the molecule is CC(O)CCNC(=O)NCC(C)(C)N1CCc2ccccc2C1. The van der Waals surface area contributed by atoms with E-state index in [-0.39, 0.29) is 17.7 Å². The molecule has 0 aromatic heterocycles. The van der Waals surface area contributed by atoms with Gasteiger partial charge in [0.15, 0.2) is 0 Å². The lowest BCUT2D eigenvalue weighted by atomic mass is 9.94. The Morgan fingerprint density at radius 2 is 2.00 bits per heavy atom. The number of aliphatic hydroxyl groups excluding tert-OH is 1. The summed E-state index contributed by atoms with van der Waals surface area (Å²) in [5.74, 6) is 0. The minimum Gasteiger partial charge on any atom is -0.393 e. The van der Waals surface area contributed by atoms with Crippen LogP contribution in [0.15, 0.2) is 24.3 Å². The molecule has 0 radical (unpaired) electrons. The van der Waals surface area contributed by atoms with Gasteiger partial charge >= 0.3 is 6.03 Å². The van der Waals surface area contributed by atoms with Gasteiger partial charge in [-0.25, -0.2) is 4.79 Å². The van der Waals surface area contributed by atoms with Gasteiger partial charge in [0.25, 0.3) is 0 Å². The Morgan fingerprint density at radius 1 is 1.30 bits per heavy atom. The number of carbonyl (C=O) groups excluding carboxylic acids is 1. The molecule has 1 aliphatic rings. The summed E-state index contributed by atoms with van der Waals surface area (Å²) in [5, 5.41) is 14.9. The summed E-state index contributed by atoms with van der Waals surface area (Å²) < 4.78 is 0. The van der Waals surface area contributed by atoms with Crippen molar-refractivity contribution in [3.63, 3.8) is 0 Å². The molecule has 2 rings (SSSR count). The van der Waals surface area contributed by atoms with Crippen LogP contribution in [0.5, 0.6) is 0 Å². The summed E-state index contributed by atoms with van der Waals surface area (Å²) in [4.78, 5) is 14.3. The molecule has 0 spiro atoms. The van der Waals surface area contributed by atoms with Gasteiger partial charge in [-0.1, -0.05) is 24.3 Å². The number of urea groups is 1.